The van der Waals surface area contributed by atoms with Crippen LogP contribution in [0.5, 0.6) is 11.5 Å². The van der Waals surface area contributed by atoms with Gasteiger partial charge in [-0.15, -0.1) is 0 Å². The van der Waals surface area contributed by atoms with Crippen LogP contribution in [0.25, 0.3) is 22.6 Å². The number of imidazole rings is 1. The lowest BCUT2D eigenvalue weighted by molar-refractivity contribution is 0.328. The molecule has 0 radical (unpaired) electrons. The van der Waals surface area contributed by atoms with Crippen molar-refractivity contribution < 1.29 is 9.47 Å². The van der Waals surface area contributed by atoms with Gasteiger partial charge in [0, 0.05) is 11.1 Å². The number of para-hydroxylation sites is 2. The first-order chi connectivity index (χ1) is 25.7. The van der Waals surface area contributed by atoms with E-state index in [1.807, 2.05) is 38.1 Å². The van der Waals surface area contributed by atoms with Gasteiger partial charge in [0.05, 0.1) is 36.7 Å². The lowest BCUT2D eigenvalue weighted by atomic mass is 9.75. The Morgan fingerprint density at radius 3 is 1.75 bits per heavy atom. The number of ether oxygens (including phenoxy) is 2. The molecule has 1 aromatic heterocycles. The maximum atomic E-state index is 6.38. The Balaban J connectivity index is 1.52. The molecule has 258 valence electrons. The Morgan fingerprint density at radius 2 is 1.12 bits per heavy atom. The molecule has 6 nitrogen and oxygen atoms in total. The quantitative estimate of drug-likeness (QED) is 0.147. The zero-order chi connectivity index (χ0) is 35.3. The number of benzene rings is 6. The van der Waals surface area contributed by atoms with Gasteiger partial charge in [0.2, 0.25) is 0 Å². The predicted molar refractivity (Wildman–Crippen MR) is 209 cm³/mol. The molecular formula is C46H42N4O2. The Morgan fingerprint density at radius 1 is 0.596 bits per heavy atom. The van der Waals surface area contributed by atoms with Gasteiger partial charge in [-0.2, -0.15) is 0 Å². The van der Waals surface area contributed by atoms with Gasteiger partial charge in [0.25, 0.3) is 0 Å². The van der Waals surface area contributed by atoms with E-state index in [0.717, 1.165) is 56.4 Å². The van der Waals surface area contributed by atoms with E-state index in [4.69, 9.17) is 14.5 Å². The number of hydrogen-bond donors (Lipinski definition) is 1. The molecule has 2 atom stereocenters. The fourth-order valence-electron chi connectivity index (χ4n) is 7.73. The van der Waals surface area contributed by atoms with Crippen molar-refractivity contribution >= 4 is 0 Å². The number of nitrogens with one attached hydrogen (secondary N) is 1. The van der Waals surface area contributed by atoms with Crippen molar-refractivity contribution in [1.29, 1.82) is 0 Å². The summed E-state index contributed by atoms with van der Waals surface area (Å²) < 4.78 is 14.9. The van der Waals surface area contributed by atoms with Crippen LogP contribution >= 0.6 is 0 Å². The Bertz CT molecular complexity index is 2180. The highest BCUT2D eigenvalue weighted by atomic mass is 16.5. The minimum atomic E-state index is -0.794. The first-order valence-corrected chi connectivity index (χ1v) is 18.0. The van der Waals surface area contributed by atoms with Crippen molar-refractivity contribution in [1.82, 2.24) is 15.0 Å². The maximum absolute atomic E-state index is 6.38. The minimum absolute atomic E-state index is 0.212. The highest BCUT2D eigenvalue weighted by molar-refractivity contribution is 5.71. The third-order valence-electron chi connectivity index (χ3n) is 9.84. The molecule has 1 saturated heterocycles. The highest BCUT2D eigenvalue weighted by Crippen LogP contribution is 2.55. The standard InChI is InChI=1S/C46H42N4O2/c1-3-51-41-31-19-17-29-38(41)44-47-40(34-21-9-5-10-22-34)33-49(44)50-45(39-30-18-20-32-42(39)52-4-2)48-43(35-23-11-6-12-24-35)46(50,36-25-13-7-14-26-36)37-27-15-8-16-28-37/h5-33,43,45,48H,3-4H2,1-2H3. The molecule has 7 aromatic rings. The average Bonchev–Trinajstić information content (AvgIpc) is 3.81. The van der Waals surface area contributed by atoms with Crippen molar-refractivity contribution in [2.45, 2.75) is 31.6 Å². The number of rotatable bonds is 11. The molecule has 8 rings (SSSR count). The topological polar surface area (TPSA) is 51.5 Å². The summed E-state index contributed by atoms with van der Waals surface area (Å²) >= 11 is 0. The van der Waals surface area contributed by atoms with Gasteiger partial charge in [-0.05, 0) is 48.7 Å². The summed E-state index contributed by atoms with van der Waals surface area (Å²) in [4.78, 5) is 5.46. The second-order valence-corrected chi connectivity index (χ2v) is 12.8. The molecule has 0 bridgehead atoms. The Labute approximate surface area is 305 Å². The second-order valence-electron chi connectivity index (χ2n) is 12.8. The molecule has 6 heteroatoms. The number of aromatic nitrogens is 2. The molecule has 52 heavy (non-hydrogen) atoms. The summed E-state index contributed by atoms with van der Waals surface area (Å²) in [5.74, 6) is 2.38. The van der Waals surface area contributed by atoms with Crippen molar-refractivity contribution in [3.05, 3.63) is 198 Å². The second kappa shape index (κ2) is 14.6. The highest BCUT2D eigenvalue weighted by Gasteiger charge is 2.58. The predicted octanol–water partition coefficient (Wildman–Crippen LogP) is 9.94. The molecule has 1 aliphatic rings. The zero-order valence-electron chi connectivity index (χ0n) is 29.5. The van der Waals surface area contributed by atoms with Crippen LogP contribution in [-0.2, 0) is 5.54 Å². The molecule has 6 aromatic carbocycles. The normalized spacial score (nSPS) is 16.5. The average molecular weight is 683 g/mol. The van der Waals surface area contributed by atoms with Gasteiger partial charge in [-0.3, -0.25) is 10.3 Å². The van der Waals surface area contributed by atoms with Crippen LogP contribution in [0.15, 0.2) is 176 Å². The van der Waals surface area contributed by atoms with E-state index >= 15 is 0 Å². The Kier molecular flexibility index (Phi) is 9.30. The number of hydrogen-bond acceptors (Lipinski definition) is 5. The van der Waals surface area contributed by atoms with Crippen LogP contribution in [-0.4, -0.2) is 22.9 Å². The summed E-state index contributed by atoms with van der Waals surface area (Å²) in [6.45, 7) is 5.13. The van der Waals surface area contributed by atoms with Crippen LogP contribution in [0.1, 0.15) is 48.3 Å². The van der Waals surface area contributed by atoms with E-state index in [-0.39, 0.29) is 12.2 Å². The van der Waals surface area contributed by atoms with Crippen LogP contribution in [0.4, 0.5) is 0 Å². The monoisotopic (exact) mass is 682 g/mol. The van der Waals surface area contributed by atoms with Crippen molar-refractivity contribution in [2.24, 2.45) is 0 Å². The molecule has 2 unspecified atom stereocenters. The van der Waals surface area contributed by atoms with Crippen LogP contribution in [0, 0.1) is 0 Å². The molecule has 2 heterocycles. The van der Waals surface area contributed by atoms with Crippen molar-refractivity contribution in [3.63, 3.8) is 0 Å². The largest absolute Gasteiger partial charge is 0.493 e. The summed E-state index contributed by atoms with van der Waals surface area (Å²) in [6, 6.07) is 59.2. The third-order valence-corrected chi connectivity index (χ3v) is 9.84. The van der Waals surface area contributed by atoms with Gasteiger partial charge in [-0.1, -0.05) is 152 Å². The van der Waals surface area contributed by atoms with E-state index in [0.29, 0.717) is 13.2 Å². The number of nitrogens with zero attached hydrogens (tertiary/aromatic N) is 3. The van der Waals surface area contributed by atoms with E-state index in [9.17, 15) is 0 Å². The van der Waals surface area contributed by atoms with Crippen molar-refractivity contribution in [3.8, 4) is 34.1 Å². The summed E-state index contributed by atoms with van der Waals surface area (Å²) in [5, 5.41) is 6.68. The van der Waals surface area contributed by atoms with Gasteiger partial charge >= 0.3 is 0 Å². The van der Waals surface area contributed by atoms with E-state index in [1.165, 1.54) is 0 Å². The van der Waals surface area contributed by atoms with Gasteiger partial charge in [0.15, 0.2) is 5.82 Å². The van der Waals surface area contributed by atoms with E-state index < -0.39 is 5.54 Å². The zero-order valence-corrected chi connectivity index (χ0v) is 29.5. The van der Waals surface area contributed by atoms with Crippen LogP contribution in [0.2, 0.25) is 0 Å². The molecule has 0 spiro atoms. The third kappa shape index (κ3) is 5.81. The lowest BCUT2D eigenvalue weighted by Crippen LogP contribution is -2.52. The fourth-order valence-corrected chi connectivity index (χ4v) is 7.73. The molecule has 1 N–H and O–H groups in total. The van der Waals surface area contributed by atoms with Gasteiger partial charge < -0.3 is 9.47 Å². The Hall–Kier alpha value is -6.11. The molecule has 0 amide bonds. The summed E-state index contributed by atoms with van der Waals surface area (Å²) in [5.41, 5.74) is 6.46. The van der Waals surface area contributed by atoms with Crippen LogP contribution < -0.4 is 19.8 Å². The van der Waals surface area contributed by atoms with Gasteiger partial charge in [0.1, 0.15) is 23.2 Å². The molecule has 0 aliphatic carbocycles. The molecule has 0 saturated carbocycles. The summed E-state index contributed by atoms with van der Waals surface area (Å²) in [6.07, 6.45) is 1.81. The molecular weight excluding hydrogens is 641 g/mol. The smallest absolute Gasteiger partial charge is 0.163 e. The van der Waals surface area contributed by atoms with Gasteiger partial charge in [-0.25, -0.2) is 9.66 Å². The molecule has 1 aliphatic heterocycles. The van der Waals surface area contributed by atoms with Crippen molar-refractivity contribution in [2.75, 3.05) is 18.2 Å². The molecule has 1 fully saturated rings. The first-order valence-electron chi connectivity index (χ1n) is 18.0. The lowest BCUT2D eigenvalue weighted by Gasteiger charge is -2.46. The first kappa shape index (κ1) is 33.1. The SMILES string of the molecule is CCOc1ccccc1-c1nc(-c2ccccc2)cn1N1C(c2ccccc2OCC)NC(c2ccccc2)C1(c1ccccc1)c1ccccc1. The van der Waals surface area contributed by atoms with Crippen LogP contribution in [0.3, 0.4) is 0 Å². The summed E-state index contributed by atoms with van der Waals surface area (Å²) in [7, 11) is 0. The van der Waals surface area contributed by atoms with E-state index in [2.05, 4.69) is 167 Å². The van der Waals surface area contributed by atoms with E-state index in [1.54, 1.807) is 0 Å². The maximum Gasteiger partial charge on any atom is 0.163 e. The fraction of sp³-hybridized carbons (Fsp3) is 0.152. The minimum Gasteiger partial charge on any atom is -0.493 e.